The summed E-state index contributed by atoms with van der Waals surface area (Å²) in [5.41, 5.74) is 0.963. The molecule has 0 N–H and O–H groups in total. The summed E-state index contributed by atoms with van der Waals surface area (Å²) in [6, 6.07) is 10.4. The summed E-state index contributed by atoms with van der Waals surface area (Å²) in [7, 11) is 0. The average Bonchev–Trinajstić information content (AvgIpc) is 2.61. The van der Waals surface area contributed by atoms with E-state index in [1.807, 2.05) is 0 Å². The van der Waals surface area contributed by atoms with E-state index in [0.29, 0.717) is 0 Å². The van der Waals surface area contributed by atoms with Crippen LogP contribution in [0.5, 0.6) is 5.75 Å². The molecule has 0 fully saturated rings. The van der Waals surface area contributed by atoms with E-state index in [0.717, 1.165) is 55.5 Å². The molecule has 1 nitrogen and oxygen atoms in total. The second kappa shape index (κ2) is 8.83. The van der Waals surface area contributed by atoms with Crippen LogP contribution in [0, 0.1) is 0 Å². The molecule has 0 radical (unpaired) electrons. The summed E-state index contributed by atoms with van der Waals surface area (Å²) in [4.78, 5) is 0. The Morgan fingerprint density at radius 1 is 0.808 bits per heavy atom. The van der Waals surface area contributed by atoms with E-state index < -0.39 is 23.8 Å². The molecule has 2 rings (SSSR count). The first-order chi connectivity index (χ1) is 12.3. The van der Waals surface area contributed by atoms with Gasteiger partial charge in [-0.3, -0.25) is 0 Å². The lowest BCUT2D eigenvalue weighted by molar-refractivity contribution is -0.274. The zero-order chi connectivity index (χ0) is 19.2. The average molecular weight is 370 g/mol. The summed E-state index contributed by atoms with van der Waals surface area (Å²) in [5, 5.41) is 0. The van der Waals surface area contributed by atoms with Crippen LogP contribution in [0.25, 0.3) is 11.7 Å². The molecule has 0 aliphatic heterocycles. The van der Waals surface area contributed by atoms with E-state index in [-0.39, 0.29) is 11.1 Å². The van der Waals surface area contributed by atoms with Crippen molar-refractivity contribution in [2.45, 2.75) is 39.0 Å². The van der Waals surface area contributed by atoms with Crippen molar-refractivity contribution in [2.24, 2.45) is 0 Å². The fourth-order valence-corrected chi connectivity index (χ4v) is 2.45. The Labute approximate surface area is 149 Å². The number of aryl methyl sites for hydroxylation is 1. The topological polar surface area (TPSA) is 9.23 Å². The van der Waals surface area contributed by atoms with Crippen molar-refractivity contribution in [3.8, 4) is 5.75 Å². The van der Waals surface area contributed by atoms with Gasteiger partial charge in [0.2, 0.25) is 0 Å². The second-order valence-corrected chi connectivity index (χ2v) is 5.85. The smallest absolute Gasteiger partial charge is 0.406 e. The first kappa shape index (κ1) is 19.9. The predicted molar refractivity (Wildman–Crippen MR) is 91.8 cm³/mol. The van der Waals surface area contributed by atoms with Crippen molar-refractivity contribution in [2.75, 3.05) is 0 Å². The number of ether oxygens (including phenoxy) is 1. The molecule has 0 bridgehead atoms. The Balaban J connectivity index is 2.12. The third-order valence-electron chi connectivity index (χ3n) is 3.81. The van der Waals surface area contributed by atoms with Crippen LogP contribution in [0.4, 0.5) is 22.0 Å². The van der Waals surface area contributed by atoms with Crippen LogP contribution < -0.4 is 4.74 Å². The first-order valence-corrected chi connectivity index (χ1v) is 8.31. The number of hydrogen-bond acceptors (Lipinski definition) is 1. The fraction of sp³-hybridized carbons (Fsp3) is 0.300. The Morgan fingerprint density at radius 3 is 1.77 bits per heavy atom. The molecule has 0 aromatic heterocycles. The molecule has 0 unspecified atom stereocenters. The van der Waals surface area contributed by atoms with Gasteiger partial charge in [0, 0.05) is 11.1 Å². The number of unbranched alkanes of at least 4 members (excludes halogenated alkanes) is 2. The molecule has 0 atom stereocenters. The van der Waals surface area contributed by atoms with Crippen LogP contribution in [0.2, 0.25) is 0 Å². The van der Waals surface area contributed by atoms with Crippen LogP contribution >= 0.6 is 0 Å². The van der Waals surface area contributed by atoms with Gasteiger partial charge in [-0.25, -0.2) is 8.78 Å². The zero-order valence-corrected chi connectivity index (χ0v) is 14.2. The molecule has 0 spiro atoms. The van der Waals surface area contributed by atoms with Crippen LogP contribution in [-0.2, 0) is 6.42 Å². The Bertz CT molecular complexity index is 730. The predicted octanol–water partition coefficient (Wildman–Crippen LogP) is 7.08. The third-order valence-corrected chi connectivity index (χ3v) is 3.81. The van der Waals surface area contributed by atoms with Gasteiger partial charge in [0.15, 0.2) is 11.7 Å². The van der Waals surface area contributed by atoms with Gasteiger partial charge < -0.3 is 4.74 Å². The number of alkyl halides is 3. The second-order valence-electron chi connectivity index (χ2n) is 5.85. The summed E-state index contributed by atoms with van der Waals surface area (Å²) in [6.45, 7) is 2.10. The van der Waals surface area contributed by atoms with Gasteiger partial charge in [-0.05, 0) is 42.7 Å². The summed E-state index contributed by atoms with van der Waals surface area (Å²) < 4.78 is 68.6. The van der Waals surface area contributed by atoms with Crippen LogP contribution in [0.3, 0.4) is 0 Å². The minimum Gasteiger partial charge on any atom is -0.406 e. The van der Waals surface area contributed by atoms with Crippen LogP contribution in [-0.4, -0.2) is 6.36 Å². The Kier molecular flexibility index (Phi) is 6.77. The molecule has 26 heavy (non-hydrogen) atoms. The molecule has 0 aliphatic rings. The highest BCUT2D eigenvalue weighted by molar-refractivity contribution is 5.83. The van der Waals surface area contributed by atoms with Gasteiger partial charge in [0.1, 0.15) is 5.75 Å². The maximum absolute atomic E-state index is 14.3. The highest BCUT2D eigenvalue weighted by Crippen LogP contribution is 2.31. The van der Waals surface area contributed by atoms with Crippen molar-refractivity contribution in [3.05, 3.63) is 65.2 Å². The maximum atomic E-state index is 14.3. The van der Waals surface area contributed by atoms with E-state index in [4.69, 9.17) is 0 Å². The SMILES string of the molecule is CCCCCc1ccc(/C(F)=C(\F)c2ccc(OC(F)(F)F)cc2)cc1. The molecular formula is C20H19F5O. The van der Waals surface area contributed by atoms with Crippen molar-refractivity contribution < 1.29 is 26.7 Å². The molecule has 0 heterocycles. The van der Waals surface area contributed by atoms with E-state index in [9.17, 15) is 22.0 Å². The first-order valence-electron chi connectivity index (χ1n) is 8.31. The summed E-state index contributed by atoms with van der Waals surface area (Å²) in [6.07, 6.45) is -0.705. The largest absolute Gasteiger partial charge is 0.573 e. The van der Waals surface area contributed by atoms with Gasteiger partial charge in [0.25, 0.3) is 0 Å². The number of hydrogen-bond donors (Lipinski definition) is 0. The Morgan fingerprint density at radius 2 is 1.31 bits per heavy atom. The molecule has 2 aromatic carbocycles. The van der Waals surface area contributed by atoms with Crippen molar-refractivity contribution in [1.29, 1.82) is 0 Å². The lowest BCUT2D eigenvalue weighted by Crippen LogP contribution is -2.16. The van der Waals surface area contributed by atoms with Gasteiger partial charge >= 0.3 is 6.36 Å². The molecule has 0 aliphatic carbocycles. The van der Waals surface area contributed by atoms with E-state index >= 15 is 0 Å². The third kappa shape index (κ3) is 5.86. The van der Waals surface area contributed by atoms with E-state index in [1.165, 1.54) is 12.1 Å². The number of halogens is 5. The fourth-order valence-electron chi connectivity index (χ4n) is 2.45. The summed E-state index contributed by atoms with van der Waals surface area (Å²) >= 11 is 0. The quantitative estimate of drug-likeness (QED) is 0.287. The molecule has 6 heteroatoms. The molecule has 0 saturated carbocycles. The summed E-state index contributed by atoms with van der Waals surface area (Å²) in [5.74, 6) is -2.69. The maximum Gasteiger partial charge on any atom is 0.573 e. The zero-order valence-electron chi connectivity index (χ0n) is 14.2. The standard InChI is InChI=1S/C20H19F5O/c1-2-3-4-5-14-6-8-15(9-7-14)18(21)19(22)16-10-12-17(13-11-16)26-20(23,24)25/h6-13H,2-5H2,1H3/b19-18+. The van der Waals surface area contributed by atoms with Crippen molar-refractivity contribution in [3.63, 3.8) is 0 Å². The number of benzene rings is 2. The normalized spacial score (nSPS) is 12.7. The number of rotatable bonds is 7. The van der Waals surface area contributed by atoms with Gasteiger partial charge in [-0.2, -0.15) is 0 Å². The lowest BCUT2D eigenvalue weighted by Gasteiger charge is -2.09. The highest BCUT2D eigenvalue weighted by Gasteiger charge is 2.31. The lowest BCUT2D eigenvalue weighted by atomic mass is 10.0. The highest BCUT2D eigenvalue weighted by atomic mass is 19.4. The van der Waals surface area contributed by atoms with Gasteiger partial charge in [0.05, 0.1) is 0 Å². The molecule has 140 valence electrons. The Hall–Kier alpha value is -2.37. The molecule has 0 amide bonds. The van der Waals surface area contributed by atoms with Gasteiger partial charge in [-0.1, -0.05) is 44.0 Å². The molecule has 2 aromatic rings. The van der Waals surface area contributed by atoms with Crippen molar-refractivity contribution >= 4 is 11.7 Å². The van der Waals surface area contributed by atoms with E-state index in [2.05, 4.69) is 11.7 Å². The minimum absolute atomic E-state index is 0.0809. The van der Waals surface area contributed by atoms with Crippen LogP contribution in [0.1, 0.15) is 42.9 Å². The molecule has 0 saturated heterocycles. The molecular weight excluding hydrogens is 351 g/mol. The monoisotopic (exact) mass is 370 g/mol. The van der Waals surface area contributed by atoms with Crippen LogP contribution in [0.15, 0.2) is 48.5 Å². The van der Waals surface area contributed by atoms with Gasteiger partial charge in [-0.15, -0.1) is 13.2 Å². The van der Waals surface area contributed by atoms with Crippen molar-refractivity contribution in [1.82, 2.24) is 0 Å². The van der Waals surface area contributed by atoms with E-state index in [1.54, 1.807) is 12.1 Å². The minimum atomic E-state index is -4.83.